The largest absolute Gasteiger partial charge is 0.496 e. The first-order valence-electron chi connectivity index (χ1n) is 15.6. The number of morpholine rings is 1. The number of carbonyl (C=O) groups excluding carboxylic acids is 2. The predicted octanol–water partition coefficient (Wildman–Crippen LogP) is 2.48. The molecule has 1 aromatic carbocycles. The average molecular weight is 595 g/mol. The number of amides is 2. The minimum Gasteiger partial charge on any atom is -0.496 e. The Morgan fingerprint density at radius 2 is 1.98 bits per heavy atom. The van der Waals surface area contributed by atoms with Gasteiger partial charge in [0.2, 0.25) is 11.8 Å². The van der Waals surface area contributed by atoms with Gasteiger partial charge in [-0.1, -0.05) is 6.07 Å². The first-order valence-corrected chi connectivity index (χ1v) is 15.6. The van der Waals surface area contributed by atoms with Gasteiger partial charge in [0.05, 0.1) is 32.4 Å². The third-order valence-corrected chi connectivity index (χ3v) is 9.70. The van der Waals surface area contributed by atoms with Crippen LogP contribution in [0.4, 0.5) is 4.39 Å². The summed E-state index contributed by atoms with van der Waals surface area (Å²) in [6.07, 6.45) is 5.67. The molecule has 3 saturated heterocycles. The van der Waals surface area contributed by atoms with E-state index in [2.05, 4.69) is 27.2 Å². The van der Waals surface area contributed by atoms with Gasteiger partial charge in [0.25, 0.3) is 0 Å². The van der Waals surface area contributed by atoms with Gasteiger partial charge in [-0.25, -0.2) is 9.82 Å². The molecular weight excluding hydrogens is 551 g/mol. The molecule has 4 aliphatic rings. The van der Waals surface area contributed by atoms with E-state index in [0.717, 1.165) is 25.0 Å². The second-order valence-corrected chi connectivity index (χ2v) is 12.4. The number of hydrogen-bond acceptors (Lipinski definition) is 8. The van der Waals surface area contributed by atoms with Gasteiger partial charge in [-0.3, -0.25) is 24.9 Å². The Bertz CT molecular complexity index is 1310. The SMILES string of the molecule is COc1cccc(F)c1CN1C[C@H](NC(=O)C2CCC3NNC(c4ccnc(C)c4)C3C2)CC[C@H]1C(=O)N1CCOCC1. The summed E-state index contributed by atoms with van der Waals surface area (Å²) in [5.74, 6) is 0.428. The molecule has 3 N–H and O–H groups in total. The van der Waals surface area contributed by atoms with Crippen molar-refractivity contribution >= 4 is 11.8 Å². The lowest BCUT2D eigenvalue weighted by atomic mass is 9.74. The molecule has 0 radical (unpaired) electrons. The number of carbonyl (C=O) groups is 2. The van der Waals surface area contributed by atoms with Crippen LogP contribution in [0.2, 0.25) is 0 Å². The molecule has 6 rings (SSSR count). The summed E-state index contributed by atoms with van der Waals surface area (Å²) in [7, 11) is 1.53. The van der Waals surface area contributed by atoms with Crippen molar-refractivity contribution < 1.29 is 23.5 Å². The van der Waals surface area contributed by atoms with Crippen LogP contribution in [-0.4, -0.2) is 84.7 Å². The van der Waals surface area contributed by atoms with Crippen LogP contribution in [0.3, 0.4) is 0 Å². The van der Waals surface area contributed by atoms with Crippen molar-refractivity contribution in [2.45, 2.75) is 69.7 Å². The maximum atomic E-state index is 15.0. The molecular formula is C32H43FN6O4. The highest BCUT2D eigenvalue weighted by Gasteiger charge is 2.44. The minimum absolute atomic E-state index is 0.0420. The number of likely N-dealkylation sites (tertiary alicyclic amines) is 1. The van der Waals surface area contributed by atoms with Crippen molar-refractivity contribution in [3.05, 3.63) is 59.2 Å². The van der Waals surface area contributed by atoms with Gasteiger partial charge in [0.15, 0.2) is 0 Å². The van der Waals surface area contributed by atoms with Gasteiger partial charge in [-0.05, 0) is 74.8 Å². The second-order valence-electron chi connectivity index (χ2n) is 12.4. The standard InChI is InChI=1S/C32H43FN6O4/c1-20-16-21(10-11-34-20)30-24-17-22(6-8-27(24)36-37-30)31(40)35-23-7-9-28(32(41)38-12-14-43-15-13-38)39(18-23)19-25-26(33)4-3-5-29(25)42-2/h3-5,10-11,16,22-24,27-28,30,36-37H,6-9,12-15,17-19H2,1-2H3,(H,35,40)/t22?,23-,24?,27?,28+,30?/m1/s1. The third kappa shape index (κ3) is 6.55. The lowest BCUT2D eigenvalue weighted by molar-refractivity contribution is -0.143. The summed E-state index contributed by atoms with van der Waals surface area (Å²) in [5, 5.41) is 3.33. The van der Waals surface area contributed by atoms with Crippen molar-refractivity contribution in [1.29, 1.82) is 0 Å². The van der Waals surface area contributed by atoms with E-state index in [1.54, 1.807) is 12.1 Å². The number of fused-ring (bicyclic) bond motifs is 1. The molecule has 4 heterocycles. The van der Waals surface area contributed by atoms with E-state index in [-0.39, 0.29) is 42.2 Å². The molecule has 0 bridgehead atoms. The fourth-order valence-electron chi connectivity index (χ4n) is 7.40. The summed E-state index contributed by atoms with van der Waals surface area (Å²) in [5.41, 5.74) is 9.52. The van der Waals surface area contributed by atoms with Crippen LogP contribution in [0.5, 0.6) is 5.75 Å². The number of benzene rings is 1. The van der Waals surface area contributed by atoms with Crippen molar-refractivity contribution in [2.24, 2.45) is 11.8 Å². The summed E-state index contributed by atoms with van der Waals surface area (Å²) >= 11 is 0. The number of ether oxygens (including phenoxy) is 2. The molecule has 43 heavy (non-hydrogen) atoms. The number of nitrogens with zero attached hydrogens (tertiary/aromatic N) is 3. The number of aromatic nitrogens is 1. The van der Waals surface area contributed by atoms with E-state index >= 15 is 4.39 Å². The number of piperidine rings is 1. The van der Waals surface area contributed by atoms with E-state index in [0.29, 0.717) is 69.0 Å². The fourth-order valence-corrected chi connectivity index (χ4v) is 7.40. The quantitative estimate of drug-likeness (QED) is 0.449. The molecule has 2 amide bonds. The van der Waals surface area contributed by atoms with Crippen LogP contribution in [0.25, 0.3) is 0 Å². The smallest absolute Gasteiger partial charge is 0.240 e. The Morgan fingerprint density at radius 1 is 1.14 bits per heavy atom. The fraction of sp³-hybridized carbons (Fsp3) is 0.594. The molecule has 11 heteroatoms. The monoisotopic (exact) mass is 594 g/mol. The van der Waals surface area contributed by atoms with E-state index < -0.39 is 6.04 Å². The van der Waals surface area contributed by atoms with Crippen molar-refractivity contribution in [3.63, 3.8) is 0 Å². The van der Waals surface area contributed by atoms with E-state index in [1.807, 2.05) is 29.0 Å². The number of hydrogen-bond donors (Lipinski definition) is 3. The van der Waals surface area contributed by atoms with Crippen LogP contribution in [0.1, 0.15) is 55.0 Å². The minimum atomic E-state index is -0.397. The Labute approximate surface area is 252 Å². The predicted molar refractivity (Wildman–Crippen MR) is 158 cm³/mol. The number of pyridine rings is 1. The second kappa shape index (κ2) is 13.3. The number of nitrogens with one attached hydrogen (secondary N) is 3. The van der Waals surface area contributed by atoms with Gasteiger partial charge in [-0.2, -0.15) is 0 Å². The Hall–Kier alpha value is -3.12. The summed E-state index contributed by atoms with van der Waals surface area (Å²) in [4.78, 5) is 35.5. The summed E-state index contributed by atoms with van der Waals surface area (Å²) in [6, 6.07) is 8.88. The first kappa shape index (κ1) is 29.9. The molecule has 6 atom stereocenters. The van der Waals surface area contributed by atoms with Gasteiger partial charge in [-0.15, -0.1) is 0 Å². The van der Waals surface area contributed by atoms with Gasteiger partial charge in [0.1, 0.15) is 11.6 Å². The number of methoxy groups -OCH3 is 1. The molecule has 4 fully saturated rings. The molecule has 3 aliphatic heterocycles. The molecule has 10 nitrogen and oxygen atoms in total. The molecule has 1 aromatic heterocycles. The van der Waals surface area contributed by atoms with E-state index in [1.165, 1.54) is 18.7 Å². The van der Waals surface area contributed by atoms with Crippen LogP contribution in [0, 0.1) is 24.6 Å². The molecule has 232 valence electrons. The molecule has 1 aliphatic carbocycles. The Balaban J connectivity index is 1.14. The normalized spacial score (nSPS) is 29.6. The van der Waals surface area contributed by atoms with Crippen molar-refractivity contribution in [3.8, 4) is 5.75 Å². The van der Waals surface area contributed by atoms with Gasteiger partial charge in [0, 0.05) is 61.6 Å². The highest BCUT2D eigenvalue weighted by Crippen LogP contribution is 2.40. The van der Waals surface area contributed by atoms with Crippen LogP contribution < -0.4 is 20.9 Å². The Kier molecular flexibility index (Phi) is 9.22. The zero-order valence-electron chi connectivity index (χ0n) is 25.1. The topological polar surface area (TPSA) is 108 Å². The molecule has 0 spiro atoms. The zero-order chi connectivity index (χ0) is 29.9. The third-order valence-electron chi connectivity index (χ3n) is 9.70. The maximum absolute atomic E-state index is 15.0. The first-order chi connectivity index (χ1) is 20.9. The summed E-state index contributed by atoms with van der Waals surface area (Å²) < 4.78 is 25.9. The van der Waals surface area contributed by atoms with Crippen molar-refractivity contribution in [2.75, 3.05) is 40.0 Å². The maximum Gasteiger partial charge on any atom is 0.240 e. The number of hydrazine groups is 1. The highest BCUT2D eigenvalue weighted by atomic mass is 19.1. The van der Waals surface area contributed by atoms with Crippen LogP contribution in [0.15, 0.2) is 36.5 Å². The highest BCUT2D eigenvalue weighted by molar-refractivity contribution is 5.82. The molecule has 2 aromatic rings. The van der Waals surface area contributed by atoms with Gasteiger partial charge >= 0.3 is 0 Å². The molecule has 1 saturated carbocycles. The van der Waals surface area contributed by atoms with E-state index in [9.17, 15) is 9.59 Å². The average Bonchev–Trinajstić information content (AvgIpc) is 3.46. The Morgan fingerprint density at radius 3 is 2.77 bits per heavy atom. The summed E-state index contributed by atoms with van der Waals surface area (Å²) in [6.45, 7) is 4.84. The zero-order valence-corrected chi connectivity index (χ0v) is 25.1. The van der Waals surface area contributed by atoms with Gasteiger partial charge < -0.3 is 19.7 Å². The van der Waals surface area contributed by atoms with Crippen molar-refractivity contribution in [1.82, 2.24) is 31.0 Å². The number of halogens is 1. The number of aryl methyl sites for hydroxylation is 1. The molecule has 4 unspecified atom stereocenters. The lowest BCUT2D eigenvalue weighted by Gasteiger charge is -2.42. The lowest BCUT2D eigenvalue weighted by Crippen LogP contribution is -2.58. The van der Waals surface area contributed by atoms with Crippen LogP contribution in [-0.2, 0) is 20.9 Å². The number of rotatable bonds is 7. The van der Waals surface area contributed by atoms with Crippen LogP contribution >= 0.6 is 0 Å². The van der Waals surface area contributed by atoms with E-state index in [4.69, 9.17) is 9.47 Å².